The molecule has 2 amide bonds. The molecule has 0 fully saturated rings. The third kappa shape index (κ3) is 8.75. The lowest BCUT2D eigenvalue weighted by Gasteiger charge is -2.33. The average molecular weight is 612 g/mol. The maximum atomic E-state index is 14.1. The number of carbonyl (C=O) groups excluding carboxylic acids is 2. The minimum absolute atomic E-state index is 0.0717. The predicted molar refractivity (Wildman–Crippen MR) is 170 cm³/mol. The van der Waals surface area contributed by atoms with Crippen LogP contribution in [0.15, 0.2) is 88.7 Å². The maximum Gasteiger partial charge on any atom is 0.264 e. The molecular formula is C32H41N3O5S2. The van der Waals surface area contributed by atoms with E-state index in [-0.39, 0.29) is 23.4 Å². The van der Waals surface area contributed by atoms with E-state index in [2.05, 4.69) is 5.32 Å². The van der Waals surface area contributed by atoms with Crippen LogP contribution in [0.5, 0.6) is 5.75 Å². The first kappa shape index (κ1) is 33.0. The topological polar surface area (TPSA) is 96.0 Å². The van der Waals surface area contributed by atoms with Gasteiger partial charge in [0.15, 0.2) is 0 Å². The molecule has 0 aromatic heterocycles. The summed E-state index contributed by atoms with van der Waals surface area (Å²) in [5.74, 6) is -0.137. The number of anilines is 1. The van der Waals surface area contributed by atoms with Crippen LogP contribution in [0.4, 0.5) is 5.69 Å². The van der Waals surface area contributed by atoms with Gasteiger partial charge in [0.05, 0.1) is 17.2 Å². The van der Waals surface area contributed by atoms with Crippen molar-refractivity contribution >= 4 is 39.3 Å². The second kappa shape index (κ2) is 15.7. The highest BCUT2D eigenvalue weighted by molar-refractivity contribution is 7.98. The largest absolute Gasteiger partial charge is 0.494 e. The van der Waals surface area contributed by atoms with Gasteiger partial charge >= 0.3 is 0 Å². The molecule has 0 unspecified atom stereocenters. The van der Waals surface area contributed by atoms with Gasteiger partial charge in [0, 0.05) is 17.5 Å². The summed E-state index contributed by atoms with van der Waals surface area (Å²) in [4.78, 5) is 29.8. The number of nitrogens with one attached hydrogen (secondary N) is 1. The van der Waals surface area contributed by atoms with E-state index in [4.69, 9.17) is 4.74 Å². The first-order valence-electron chi connectivity index (χ1n) is 14.1. The molecule has 0 radical (unpaired) electrons. The van der Waals surface area contributed by atoms with Crippen LogP contribution in [0.3, 0.4) is 0 Å². The Kier molecular flexibility index (Phi) is 12.3. The van der Waals surface area contributed by atoms with E-state index >= 15 is 0 Å². The Morgan fingerprint density at radius 3 is 2.12 bits per heavy atom. The Morgan fingerprint density at radius 2 is 1.57 bits per heavy atom. The van der Waals surface area contributed by atoms with Crippen molar-refractivity contribution in [3.8, 4) is 5.75 Å². The van der Waals surface area contributed by atoms with Crippen LogP contribution in [-0.4, -0.2) is 63.2 Å². The SMILES string of the molecule is CCOc1ccc(N(CC(=O)N(CCc2ccccc2)[C@@H](CC)C(=O)NC(C)C)S(=O)(=O)c2ccc(SC)cc2)cc1. The zero-order chi connectivity index (χ0) is 30.7. The Bertz CT molecular complexity index is 1400. The van der Waals surface area contributed by atoms with E-state index in [1.807, 2.05) is 64.3 Å². The minimum atomic E-state index is -4.14. The highest BCUT2D eigenvalue weighted by Crippen LogP contribution is 2.28. The van der Waals surface area contributed by atoms with Crippen LogP contribution in [0.1, 0.15) is 39.7 Å². The molecule has 0 saturated heterocycles. The van der Waals surface area contributed by atoms with Crippen molar-refractivity contribution < 1.29 is 22.7 Å². The molecule has 0 heterocycles. The fourth-order valence-corrected chi connectivity index (χ4v) is 6.38. The van der Waals surface area contributed by atoms with E-state index in [0.717, 1.165) is 14.8 Å². The van der Waals surface area contributed by atoms with Gasteiger partial charge in [0.25, 0.3) is 10.0 Å². The van der Waals surface area contributed by atoms with Crippen LogP contribution in [0.2, 0.25) is 0 Å². The van der Waals surface area contributed by atoms with Gasteiger partial charge in [-0.15, -0.1) is 11.8 Å². The zero-order valence-corrected chi connectivity index (χ0v) is 26.6. The molecule has 0 aliphatic heterocycles. The highest BCUT2D eigenvalue weighted by Gasteiger charge is 2.33. The van der Waals surface area contributed by atoms with E-state index in [1.54, 1.807) is 48.5 Å². The van der Waals surface area contributed by atoms with Crippen LogP contribution < -0.4 is 14.4 Å². The molecule has 3 aromatic rings. The van der Waals surface area contributed by atoms with Gasteiger partial charge in [-0.1, -0.05) is 37.3 Å². The van der Waals surface area contributed by atoms with Crippen molar-refractivity contribution in [3.63, 3.8) is 0 Å². The summed E-state index contributed by atoms with van der Waals surface area (Å²) in [7, 11) is -4.14. The van der Waals surface area contributed by atoms with Gasteiger partial charge in [-0.25, -0.2) is 8.42 Å². The van der Waals surface area contributed by atoms with E-state index < -0.39 is 28.5 Å². The van der Waals surface area contributed by atoms with Crippen LogP contribution in [0.25, 0.3) is 0 Å². The van der Waals surface area contributed by atoms with Crippen LogP contribution >= 0.6 is 11.8 Å². The monoisotopic (exact) mass is 611 g/mol. The van der Waals surface area contributed by atoms with E-state index in [1.165, 1.54) is 16.7 Å². The van der Waals surface area contributed by atoms with Crippen molar-refractivity contribution in [3.05, 3.63) is 84.4 Å². The summed E-state index contributed by atoms with van der Waals surface area (Å²) in [5, 5.41) is 2.92. The third-order valence-corrected chi connectivity index (χ3v) is 9.19. The number of hydrogen-bond acceptors (Lipinski definition) is 6. The summed E-state index contributed by atoms with van der Waals surface area (Å²) in [5.41, 5.74) is 1.34. The molecule has 1 N–H and O–H groups in total. The lowest BCUT2D eigenvalue weighted by atomic mass is 10.1. The van der Waals surface area contributed by atoms with Gasteiger partial charge in [-0.2, -0.15) is 0 Å². The Hall–Kier alpha value is -3.50. The number of hydrogen-bond donors (Lipinski definition) is 1. The second-order valence-electron chi connectivity index (χ2n) is 10.0. The second-order valence-corrected chi connectivity index (χ2v) is 12.8. The number of benzene rings is 3. The molecule has 42 heavy (non-hydrogen) atoms. The number of sulfonamides is 1. The molecule has 0 aliphatic carbocycles. The third-order valence-electron chi connectivity index (χ3n) is 6.66. The highest BCUT2D eigenvalue weighted by atomic mass is 32.2. The Labute approximate surface area is 254 Å². The number of ether oxygens (including phenoxy) is 1. The number of thioether (sulfide) groups is 1. The molecule has 3 aromatic carbocycles. The van der Waals surface area contributed by atoms with Gasteiger partial charge in [0.1, 0.15) is 18.3 Å². The molecule has 10 heteroatoms. The van der Waals surface area contributed by atoms with Crippen molar-refractivity contribution in [2.24, 2.45) is 0 Å². The summed E-state index contributed by atoms with van der Waals surface area (Å²) >= 11 is 1.51. The van der Waals surface area contributed by atoms with Crippen molar-refractivity contribution in [2.45, 2.75) is 62.4 Å². The molecular weight excluding hydrogens is 571 g/mol. The van der Waals surface area contributed by atoms with Crippen LogP contribution in [0, 0.1) is 0 Å². The van der Waals surface area contributed by atoms with Crippen LogP contribution in [-0.2, 0) is 26.0 Å². The van der Waals surface area contributed by atoms with E-state index in [0.29, 0.717) is 30.9 Å². The normalized spacial score (nSPS) is 12.0. The van der Waals surface area contributed by atoms with Gasteiger partial charge in [0.2, 0.25) is 11.8 Å². The summed E-state index contributed by atoms with van der Waals surface area (Å²) in [6, 6.07) is 22.0. The first-order chi connectivity index (χ1) is 20.1. The number of carbonyl (C=O) groups is 2. The van der Waals surface area contributed by atoms with Gasteiger partial charge in [-0.05, 0) is 94.0 Å². The number of nitrogens with zero attached hydrogens (tertiary/aromatic N) is 2. The molecule has 0 spiro atoms. The molecule has 0 saturated carbocycles. The fraction of sp³-hybridized carbons (Fsp3) is 0.375. The molecule has 0 aliphatic rings. The summed E-state index contributed by atoms with van der Waals surface area (Å²) < 4.78 is 34.7. The molecule has 1 atom stereocenters. The minimum Gasteiger partial charge on any atom is -0.494 e. The molecule has 0 bridgehead atoms. The maximum absolute atomic E-state index is 14.1. The predicted octanol–water partition coefficient (Wildman–Crippen LogP) is 5.38. The molecule has 3 rings (SSSR count). The lowest BCUT2D eigenvalue weighted by molar-refractivity contribution is -0.139. The Balaban J connectivity index is 2.02. The Morgan fingerprint density at radius 1 is 0.929 bits per heavy atom. The number of rotatable bonds is 15. The summed E-state index contributed by atoms with van der Waals surface area (Å²) in [6.07, 6.45) is 2.81. The molecule has 226 valence electrons. The summed E-state index contributed by atoms with van der Waals surface area (Å²) in [6.45, 7) is 7.70. The average Bonchev–Trinajstić information content (AvgIpc) is 2.98. The number of amides is 2. The van der Waals surface area contributed by atoms with Crippen molar-refractivity contribution in [1.82, 2.24) is 10.2 Å². The van der Waals surface area contributed by atoms with E-state index in [9.17, 15) is 18.0 Å². The quantitative estimate of drug-likeness (QED) is 0.232. The van der Waals surface area contributed by atoms with Crippen molar-refractivity contribution in [2.75, 3.05) is 30.3 Å². The smallest absolute Gasteiger partial charge is 0.264 e. The van der Waals surface area contributed by atoms with Gasteiger partial charge < -0.3 is 15.0 Å². The van der Waals surface area contributed by atoms with Crippen molar-refractivity contribution in [1.29, 1.82) is 0 Å². The zero-order valence-electron chi connectivity index (χ0n) is 24.9. The van der Waals surface area contributed by atoms with Gasteiger partial charge in [-0.3, -0.25) is 13.9 Å². The standard InChI is InChI=1S/C32H41N3O5S2/c1-6-30(32(37)33-24(3)4)34(22-21-25-11-9-8-10-12-25)31(36)23-35(26-13-15-27(16-14-26)40-7-2)42(38,39)29-19-17-28(41-5)18-20-29/h8-20,24,30H,6-7,21-23H2,1-5H3,(H,33,37)/t30-/m0/s1. The lowest BCUT2D eigenvalue weighted by Crippen LogP contribution is -2.54. The fourth-order valence-electron chi connectivity index (χ4n) is 4.56. The first-order valence-corrected chi connectivity index (χ1v) is 16.8. The molecule has 8 nitrogen and oxygen atoms in total.